The summed E-state index contributed by atoms with van der Waals surface area (Å²) in [6.07, 6.45) is -1.77. The van der Waals surface area contributed by atoms with Crippen molar-refractivity contribution in [3.63, 3.8) is 0 Å². The number of carboxylic acid groups (broad SMARTS) is 1. The van der Waals surface area contributed by atoms with Gasteiger partial charge in [0.05, 0.1) is 11.7 Å². The van der Waals surface area contributed by atoms with Gasteiger partial charge >= 0.3 is 5.97 Å². The molecular weight excluding hydrogens is 231 g/mol. The highest BCUT2D eigenvalue weighted by Gasteiger charge is 2.25. The van der Waals surface area contributed by atoms with Gasteiger partial charge in [0.15, 0.2) is 5.82 Å². The summed E-state index contributed by atoms with van der Waals surface area (Å²) in [5.41, 5.74) is 4.08. The summed E-state index contributed by atoms with van der Waals surface area (Å²) in [5.74, 6) is -2.62. The fraction of sp³-hybridized carbons (Fsp3) is 0.400. The van der Waals surface area contributed by atoms with Crippen molar-refractivity contribution in [3.05, 3.63) is 29.3 Å². The Morgan fingerprint density at radius 3 is 2.71 bits per heavy atom. The largest absolute Gasteiger partial charge is 0.478 e. The summed E-state index contributed by atoms with van der Waals surface area (Å²) >= 11 is 0. The number of rotatable bonds is 5. The van der Waals surface area contributed by atoms with Crippen LogP contribution < -0.4 is 5.73 Å². The number of halogens is 1. The van der Waals surface area contributed by atoms with Crippen LogP contribution in [0.5, 0.6) is 0 Å². The van der Waals surface area contributed by atoms with Crippen molar-refractivity contribution in [1.82, 2.24) is 4.98 Å². The topological polar surface area (TPSA) is 117 Å². The van der Waals surface area contributed by atoms with E-state index >= 15 is 0 Å². The number of nitrogens with zero attached hydrogens (tertiary/aromatic N) is 1. The van der Waals surface area contributed by atoms with E-state index in [-0.39, 0.29) is 13.0 Å². The molecule has 0 fully saturated rings. The number of aliphatic hydroxyl groups is 2. The lowest BCUT2D eigenvalue weighted by Gasteiger charge is -2.17. The lowest BCUT2D eigenvalue weighted by molar-refractivity contribution is 0.0101. The van der Waals surface area contributed by atoms with Crippen LogP contribution in [0, 0.1) is 5.82 Å². The molecule has 94 valence electrons. The summed E-state index contributed by atoms with van der Waals surface area (Å²) in [7, 11) is 0. The second-order valence-electron chi connectivity index (χ2n) is 3.45. The van der Waals surface area contributed by atoms with Gasteiger partial charge in [-0.1, -0.05) is 0 Å². The number of carboxylic acids is 1. The van der Waals surface area contributed by atoms with Gasteiger partial charge < -0.3 is 21.1 Å². The Morgan fingerprint density at radius 2 is 2.18 bits per heavy atom. The summed E-state index contributed by atoms with van der Waals surface area (Å²) in [6, 6.07) is 0.975. The third kappa shape index (κ3) is 2.96. The Bertz CT molecular complexity index is 413. The minimum atomic E-state index is -1.60. The third-order valence-electron chi connectivity index (χ3n) is 2.25. The summed E-state index contributed by atoms with van der Waals surface area (Å²) in [5, 5.41) is 27.7. The molecule has 0 aromatic carbocycles. The zero-order valence-electron chi connectivity index (χ0n) is 8.88. The molecule has 0 aliphatic heterocycles. The zero-order valence-corrected chi connectivity index (χ0v) is 8.88. The Kier molecular flexibility index (Phi) is 4.50. The predicted octanol–water partition coefficient (Wildman–Crippen LogP) is -0.338. The molecule has 6 nitrogen and oxygen atoms in total. The van der Waals surface area contributed by atoms with E-state index in [4.69, 9.17) is 10.8 Å². The van der Waals surface area contributed by atoms with Gasteiger partial charge in [0.25, 0.3) is 0 Å². The maximum atomic E-state index is 13.6. The molecular formula is C10H13FN2O4. The van der Waals surface area contributed by atoms with Crippen LogP contribution in [0.3, 0.4) is 0 Å². The zero-order chi connectivity index (χ0) is 13.0. The van der Waals surface area contributed by atoms with E-state index in [1.54, 1.807) is 0 Å². The van der Waals surface area contributed by atoms with Gasteiger partial charge in [-0.2, -0.15) is 0 Å². The quantitative estimate of drug-likeness (QED) is 0.563. The van der Waals surface area contributed by atoms with Crippen molar-refractivity contribution in [3.8, 4) is 0 Å². The molecule has 5 N–H and O–H groups in total. The van der Waals surface area contributed by atoms with Crippen LogP contribution in [0.2, 0.25) is 0 Å². The lowest BCUT2D eigenvalue weighted by Crippen LogP contribution is -2.24. The van der Waals surface area contributed by atoms with E-state index in [2.05, 4.69) is 4.98 Å². The smallest absolute Gasteiger partial charge is 0.338 e. The van der Waals surface area contributed by atoms with E-state index < -0.39 is 35.3 Å². The minimum absolute atomic E-state index is 0.0551. The SMILES string of the molecule is NCCC(O)C(O)c1nccc(C(=O)O)c1F. The fourth-order valence-electron chi connectivity index (χ4n) is 1.34. The highest BCUT2D eigenvalue weighted by molar-refractivity contribution is 5.87. The van der Waals surface area contributed by atoms with Crippen molar-refractivity contribution in [2.45, 2.75) is 18.6 Å². The van der Waals surface area contributed by atoms with E-state index in [0.29, 0.717) is 0 Å². The number of pyridine rings is 1. The Labute approximate surface area is 96.5 Å². The standard InChI is InChI=1S/C10H13FN2O4/c11-7-5(10(16)17)2-4-13-8(7)9(15)6(14)1-3-12/h2,4,6,9,14-15H,1,3,12H2,(H,16,17). The Morgan fingerprint density at radius 1 is 1.53 bits per heavy atom. The Hall–Kier alpha value is -1.57. The van der Waals surface area contributed by atoms with Crippen LogP contribution >= 0.6 is 0 Å². The second-order valence-corrected chi connectivity index (χ2v) is 3.45. The van der Waals surface area contributed by atoms with E-state index in [0.717, 1.165) is 12.3 Å². The van der Waals surface area contributed by atoms with Gasteiger partial charge in [0.2, 0.25) is 0 Å². The molecule has 2 unspecified atom stereocenters. The molecule has 0 bridgehead atoms. The first-order valence-electron chi connectivity index (χ1n) is 4.93. The predicted molar refractivity (Wildman–Crippen MR) is 55.8 cm³/mol. The molecule has 17 heavy (non-hydrogen) atoms. The van der Waals surface area contributed by atoms with Crippen LogP contribution in [-0.4, -0.2) is 38.9 Å². The molecule has 1 heterocycles. The third-order valence-corrected chi connectivity index (χ3v) is 2.25. The number of hydrogen-bond acceptors (Lipinski definition) is 5. The van der Waals surface area contributed by atoms with Crippen molar-refractivity contribution in [1.29, 1.82) is 0 Å². The molecule has 1 rings (SSSR count). The molecule has 0 aliphatic rings. The van der Waals surface area contributed by atoms with Crippen LogP contribution in [0.1, 0.15) is 28.6 Å². The molecule has 0 saturated heterocycles. The molecule has 1 aromatic heterocycles. The molecule has 2 atom stereocenters. The van der Waals surface area contributed by atoms with Crippen molar-refractivity contribution in [2.24, 2.45) is 5.73 Å². The number of aromatic nitrogens is 1. The average molecular weight is 244 g/mol. The average Bonchev–Trinajstić information content (AvgIpc) is 2.28. The van der Waals surface area contributed by atoms with Gasteiger partial charge in [0.1, 0.15) is 11.8 Å². The first-order valence-corrected chi connectivity index (χ1v) is 4.93. The maximum absolute atomic E-state index is 13.6. The van der Waals surface area contributed by atoms with Crippen molar-refractivity contribution in [2.75, 3.05) is 6.54 Å². The van der Waals surface area contributed by atoms with Crippen LogP contribution in [0.4, 0.5) is 4.39 Å². The van der Waals surface area contributed by atoms with E-state index in [1.165, 1.54) is 0 Å². The van der Waals surface area contributed by atoms with Crippen molar-refractivity contribution < 1.29 is 24.5 Å². The van der Waals surface area contributed by atoms with Crippen LogP contribution in [0.25, 0.3) is 0 Å². The van der Waals surface area contributed by atoms with Gasteiger partial charge in [-0.3, -0.25) is 4.98 Å². The summed E-state index contributed by atoms with van der Waals surface area (Å²) in [4.78, 5) is 14.2. The number of carbonyl (C=O) groups is 1. The monoisotopic (exact) mass is 244 g/mol. The molecule has 1 aromatic rings. The Balaban J connectivity index is 3.06. The van der Waals surface area contributed by atoms with Crippen LogP contribution in [0.15, 0.2) is 12.3 Å². The van der Waals surface area contributed by atoms with E-state index in [1.807, 2.05) is 0 Å². The molecule has 0 amide bonds. The molecule has 0 spiro atoms. The van der Waals surface area contributed by atoms with Gasteiger partial charge in [-0.05, 0) is 19.0 Å². The van der Waals surface area contributed by atoms with Gasteiger partial charge in [0, 0.05) is 6.20 Å². The second kappa shape index (κ2) is 5.67. The minimum Gasteiger partial charge on any atom is -0.478 e. The first kappa shape index (κ1) is 13.5. The van der Waals surface area contributed by atoms with E-state index in [9.17, 15) is 19.4 Å². The number of aliphatic hydroxyl groups excluding tert-OH is 2. The highest BCUT2D eigenvalue weighted by atomic mass is 19.1. The normalized spacial score (nSPS) is 14.4. The van der Waals surface area contributed by atoms with Gasteiger partial charge in [-0.25, -0.2) is 9.18 Å². The first-order chi connectivity index (χ1) is 7.99. The van der Waals surface area contributed by atoms with Crippen molar-refractivity contribution >= 4 is 5.97 Å². The molecule has 7 heteroatoms. The van der Waals surface area contributed by atoms with Gasteiger partial charge in [-0.15, -0.1) is 0 Å². The number of aromatic carboxylic acids is 1. The fourth-order valence-corrected chi connectivity index (χ4v) is 1.34. The number of nitrogens with two attached hydrogens (primary N) is 1. The molecule has 0 saturated carbocycles. The van der Waals surface area contributed by atoms with Crippen LogP contribution in [-0.2, 0) is 0 Å². The molecule has 0 aliphatic carbocycles. The lowest BCUT2D eigenvalue weighted by atomic mass is 10.0. The summed E-state index contributed by atoms with van der Waals surface area (Å²) in [6.45, 7) is 0.110. The summed E-state index contributed by atoms with van der Waals surface area (Å²) < 4.78 is 13.6. The highest BCUT2D eigenvalue weighted by Crippen LogP contribution is 2.21. The maximum Gasteiger partial charge on any atom is 0.338 e. The molecule has 0 radical (unpaired) electrons. The number of hydrogen-bond donors (Lipinski definition) is 4.